The summed E-state index contributed by atoms with van der Waals surface area (Å²) in [5, 5.41) is 2.23. The highest BCUT2D eigenvalue weighted by Gasteiger charge is 2.36. The maximum absolute atomic E-state index is 12.4. The van der Waals surface area contributed by atoms with Crippen molar-refractivity contribution in [3.63, 3.8) is 0 Å². The van der Waals surface area contributed by atoms with Gasteiger partial charge in [0.15, 0.2) is 0 Å². The summed E-state index contributed by atoms with van der Waals surface area (Å²) in [5.74, 6) is -0.880. The second-order valence-corrected chi connectivity index (χ2v) is 8.53. The van der Waals surface area contributed by atoms with Gasteiger partial charge in [-0.3, -0.25) is 19.3 Å². The minimum Gasteiger partial charge on any atom is -0.325 e. The fourth-order valence-corrected chi connectivity index (χ4v) is 3.69. The molecule has 3 rings (SSSR count). The molecule has 1 fully saturated rings. The highest BCUT2D eigenvalue weighted by atomic mass is 127. The lowest BCUT2D eigenvalue weighted by molar-refractivity contribution is -0.127. The summed E-state index contributed by atoms with van der Waals surface area (Å²) in [6.45, 7) is -0.315. The number of carbonyl (C=O) groups excluding carboxylic acids is 3. The van der Waals surface area contributed by atoms with Crippen molar-refractivity contribution < 1.29 is 14.4 Å². The first-order valence-corrected chi connectivity index (χ1v) is 10.2. The summed E-state index contributed by atoms with van der Waals surface area (Å²) in [4.78, 5) is 38.0. The first-order chi connectivity index (χ1) is 12.4. The number of nitrogens with one attached hydrogen (secondary N) is 1. The standard InChI is InChI=1S/C18H12BrIN2O3S/c19-12-3-7-14(8-4-12)21-16(23)10-22-17(24)15(26-18(22)25)9-11-1-5-13(20)6-2-11/h1-9H,10H2,(H,21,23)/b15-9-. The third-order valence-corrected chi connectivity index (χ3v) is 5.63. The van der Waals surface area contributed by atoms with Crippen LogP contribution in [-0.2, 0) is 9.59 Å². The van der Waals surface area contributed by atoms with Gasteiger partial charge >= 0.3 is 0 Å². The van der Waals surface area contributed by atoms with Gasteiger partial charge in [0.25, 0.3) is 11.1 Å². The predicted molar refractivity (Wildman–Crippen MR) is 115 cm³/mol. The summed E-state index contributed by atoms with van der Waals surface area (Å²) >= 11 is 6.35. The van der Waals surface area contributed by atoms with Crippen LogP contribution >= 0.6 is 50.3 Å². The molecule has 8 heteroatoms. The lowest BCUT2D eigenvalue weighted by Gasteiger charge is -2.12. The maximum atomic E-state index is 12.4. The van der Waals surface area contributed by atoms with Gasteiger partial charge in [0.1, 0.15) is 6.54 Å². The van der Waals surface area contributed by atoms with Crippen LogP contribution in [0.25, 0.3) is 6.08 Å². The van der Waals surface area contributed by atoms with Crippen molar-refractivity contribution in [2.24, 2.45) is 0 Å². The summed E-state index contributed by atoms with van der Waals surface area (Å²) in [7, 11) is 0. The summed E-state index contributed by atoms with van der Waals surface area (Å²) in [6, 6.07) is 14.6. The molecule has 0 bridgehead atoms. The molecule has 0 spiro atoms. The van der Waals surface area contributed by atoms with Crippen LogP contribution in [0.3, 0.4) is 0 Å². The molecule has 0 atom stereocenters. The zero-order valence-electron chi connectivity index (χ0n) is 13.2. The summed E-state index contributed by atoms with van der Waals surface area (Å²) < 4.78 is 1.97. The van der Waals surface area contributed by atoms with Gasteiger partial charge in [0.2, 0.25) is 5.91 Å². The van der Waals surface area contributed by atoms with Crippen LogP contribution in [0.15, 0.2) is 57.9 Å². The van der Waals surface area contributed by atoms with E-state index in [2.05, 4.69) is 43.8 Å². The summed E-state index contributed by atoms with van der Waals surface area (Å²) in [6.07, 6.45) is 1.66. The quantitative estimate of drug-likeness (QED) is 0.448. The minimum atomic E-state index is -0.454. The molecule has 5 nitrogen and oxygen atoms in total. The molecule has 1 aliphatic heterocycles. The number of nitrogens with zero attached hydrogens (tertiary/aromatic N) is 1. The SMILES string of the molecule is O=C(CN1C(=O)S/C(=C\c2ccc(I)cc2)C1=O)Nc1ccc(Br)cc1. The molecule has 0 radical (unpaired) electrons. The van der Waals surface area contributed by atoms with Gasteiger partial charge in [-0.15, -0.1) is 0 Å². The number of benzene rings is 2. The number of hydrogen-bond donors (Lipinski definition) is 1. The molecule has 2 aromatic carbocycles. The van der Waals surface area contributed by atoms with Crippen molar-refractivity contribution in [3.8, 4) is 0 Å². The molecule has 1 N–H and O–H groups in total. The van der Waals surface area contributed by atoms with E-state index in [1.807, 2.05) is 24.3 Å². The molecule has 1 saturated heterocycles. The molecule has 2 aromatic rings. The number of halogens is 2. The van der Waals surface area contributed by atoms with Gasteiger partial charge in [-0.25, -0.2) is 0 Å². The van der Waals surface area contributed by atoms with E-state index in [-0.39, 0.29) is 6.54 Å². The van der Waals surface area contributed by atoms with Crippen molar-refractivity contribution in [1.29, 1.82) is 0 Å². The molecule has 1 aliphatic rings. The van der Waals surface area contributed by atoms with Gasteiger partial charge in [0.05, 0.1) is 4.91 Å². The van der Waals surface area contributed by atoms with Crippen LogP contribution in [0, 0.1) is 3.57 Å². The number of amides is 3. The van der Waals surface area contributed by atoms with Crippen molar-refractivity contribution >= 4 is 79.1 Å². The Balaban J connectivity index is 1.67. The first kappa shape index (κ1) is 19.1. The van der Waals surface area contributed by atoms with Gasteiger partial charge in [-0.05, 0) is 82.4 Å². The van der Waals surface area contributed by atoms with E-state index in [1.165, 1.54) is 0 Å². The van der Waals surface area contributed by atoms with E-state index < -0.39 is 17.1 Å². The Kier molecular flexibility index (Phi) is 6.15. The van der Waals surface area contributed by atoms with E-state index in [1.54, 1.807) is 30.3 Å². The highest BCUT2D eigenvalue weighted by molar-refractivity contribution is 14.1. The molecular formula is C18H12BrIN2O3S. The average Bonchev–Trinajstić information content (AvgIpc) is 2.86. The van der Waals surface area contributed by atoms with Crippen LogP contribution in [-0.4, -0.2) is 28.5 Å². The van der Waals surface area contributed by atoms with Crippen molar-refractivity contribution in [2.75, 3.05) is 11.9 Å². The fourth-order valence-electron chi connectivity index (χ4n) is 2.22. The second kappa shape index (κ2) is 8.36. The van der Waals surface area contributed by atoms with Crippen LogP contribution in [0.1, 0.15) is 5.56 Å². The second-order valence-electron chi connectivity index (χ2n) is 5.37. The molecule has 3 amide bonds. The lowest BCUT2D eigenvalue weighted by atomic mass is 10.2. The van der Waals surface area contributed by atoms with E-state index in [0.29, 0.717) is 10.6 Å². The average molecular weight is 543 g/mol. The molecule has 0 aromatic heterocycles. The Morgan fingerprint density at radius 3 is 2.42 bits per heavy atom. The number of rotatable bonds is 4. The van der Waals surface area contributed by atoms with Gasteiger partial charge in [0, 0.05) is 13.7 Å². The first-order valence-electron chi connectivity index (χ1n) is 7.49. The van der Waals surface area contributed by atoms with Crippen molar-refractivity contribution in [3.05, 3.63) is 67.0 Å². The third kappa shape index (κ3) is 4.74. The minimum absolute atomic E-state index is 0.313. The maximum Gasteiger partial charge on any atom is 0.294 e. The monoisotopic (exact) mass is 542 g/mol. The van der Waals surface area contributed by atoms with Gasteiger partial charge in [-0.2, -0.15) is 0 Å². The normalized spacial score (nSPS) is 15.6. The topological polar surface area (TPSA) is 66.5 Å². The Hall–Kier alpha value is -1.65. The Labute approximate surface area is 176 Å². The Bertz CT molecular complexity index is 898. The van der Waals surface area contributed by atoms with E-state index in [0.717, 1.165) is 30.3 Å². The van der Waals surface area contributed by atoms with E-state index in [4.69, 9.17) is 0 Å². The van der Waals surface area contributed by atoms with Crippen LogP contribution in [0.5, 0.6) is 0 Å². The van der Waals surface area contributed by atoms with Crippen molar-refractivity contribution in [2.45, 2.75) is 0 Å². The molecule has 0 saturated carbocycles. The van der Waals surface area contributed by atoms with E-state index in [9.17, 15) is 14.4 Å². The predicted octanol–water partition coefficient (Wildman–Crippen LogP) is 4.73. The number of imide groups is 1. The largest absolute Gasteiger partial charge is 0.325 e. The van der Waals surface area contributed by atoms with Crippen LogP contribution in [0.4, 0.5) is 10.5 Å². The van der Waals surface area contributed by atoms with Crippen LogP contribution < -0.4 is 5.32 Å². The van der Waals surface area contributed by atoms with E-state index >= 15 is 0 Å². The molecule has 1 heterocycles. The third-order valence-electron chi connectivity index (χ3n) is 3.47. The number of thioether (sulfide) groups is 1. The molecule has 26 heavy (non-hydrogen) atoms. The number of carbonyl (C=O) groups is 3. The zero-order valence-corrected chi connectivity index (χ0v) is 17.8. The fraction of sp³-hybridized carbons (Fsp3) is 0.0556. The van der Waals surface area contributed by atoms with Crippen molar-refractivity contribution in [1.82, 2.24) is 4.90 Å². The molecule has 0 aliphatic carbocycles. The van der Waals surface area contributed by atoms with Crippen LogP contribution in [0.2, 0.25) is 0 Å². The highest BCUT2D eigenvalue weighted by Crippen LogP contribution is 2.32. The molecule has 0 unspecified atom stereocenters. The lowest BCUT2D eigenvalue weighted by Crippen LogP contribution is -2.36. The zero-order chi connectivity index (χ0) is 18.7. The number of anilines is 1. The number of hydrogen-bond acceptors (Lipinski definition) is 4. The smallest absolute Gasteiger partial charge is 0.294 e. The molecular weight excluding hydrogens is 531 g/mol. The molecule has 132 valence electrons. The van der Waals surface area contributed by atoms with Gasteiger partial charge < -0.3 is 5.32 Å². The summed E-state index contributed by atoms with van der Waals surface area (Å²) in [5.41, 5.74) is 1.43. The van der Waals surface area contributed by atoms with Gasteiger partial charge in [-0.1, -0.05) is 28.1 Å². The Morgan fingerprint density at radius 2 is 1.77 bits per heavy atom. The Morgan fingerprint density at radius 1 is 1.12 bits per heavy atom.